The zero-order chi connectivity index (χ0) is 15.3. The lowest BCUT2D eigenvalue weighted by atomic mass is 9.98. The Balaban J connectivity index is 1.93. The van der Waals surface area contributed by atoms with Crippen molar-refractivity contribution in [2.75, 3.05) is 32.4 Å². The van der Waals surface area contributed by atoms with Gasteiger partial charge in [-0.3, -0.25) is 0 Å². The van der Waals surface area contributed by atoms with Gasteiger partial charge in [-0.25, -0.2) is 12.7 Å². The maximum Gasteiger partial charge on any atom is 0.214 e. The Hall–Kier alpha value is -0.910. The van der Waals surface area contributed by atoms with Crippen LogP contribution in [0.4, 0.5) is 0 Å². The van der Waals surface area contributed by atoms with Gasteiger partial charge in [0.15, 0.2) is 0 Å². The van der Waals surface area contributed by atoms with Crippen molar-refractivity contribution in [2.24, 2.45) is 5.92 Å². The maximum atomic E-state index is 12.5. The molecule has 1 unspecified atom stereocenters. The molecule has 1 atom stereocenters. The minimum Gasteiger partial charge on any atom is -0.317 e. The smallest absolute Gasteiger partial charge is 0.214 e. The molecule has 118 valence electrons. The molecule has 1 aromatic carbocycles. The Morgan fingerprint density at radius 1 is 1.24 bits per heavy atom. The summed E-state index contributed by atoms with van der Waals surface area (Å²) in [6.45, 7) is 4.62. The van der Waals surface area contributed by atoms with Crippen molar-refractivity contribution in [1.29, 1.82) is 0 Å². The summed E-state index contributed by atoms with van der Waals surface area (Å²) in [6, 6.07) is 9.85. The van der Waals surface area contributed by atoms with Crippen LogP contribution in [0, 0.1) is 5.92 Å². The fourth-order valence-corrected chi connectivity index (χ4v) is 4.38. The molecule has 1 aliphatic heterocycles. The fraction of sp³-hybridized carbons (Fsp3) is 0.625. The lowest BCUT2D eigenvalue weighted by molar-refractivity contribution is 0.311. The molecule has 1 N–H and O–H groups in total. The molecule has 5 heteroatoms. The van der Waals surface area contributed by atoms with Crippen molar-refractivity contribution in [1.82, 2.24) is 9.62 Å². The first-order valence-electron chi connectivity index (χ1n) is 7.68. The van der Waals surface area contributed by atoms with Crippen LogP contribution in [0.3, 0.4) is 0 Å². The van der Waals surface area contributed by atoms with Gasteiger partial charge in [0.05, 0.1) is 5.75 Å². The summed E-state index contributed by atoms with van der Waals surface area (Å²) in [7, 11) is -1.48. The van der Waals surface area contributed by atoms with Crippen LogP contribution in [-0.4, -0.2) is 45.2 Å². The number of piperidine rings is 1. The highest BCUT2D eigenvalue weighted by atomic mass is 32.2. The Morgan fingerprint density at radius 3 is 2.48 bits per heavy atom. The Kier molecular flexibility index (Phi) is 5.79. The van der Waals surface area contributed by atoms with Crippen molar-refractivity contribution in [3.05, 3.63) is 35.9 Å². The van der Waals surface area contributed by atoms with E-state index in [1.807, 2.05) is 37.3 Å². The molecule has 21 heavy (non-hydrogen) atoms. The second-order valence-corrected chi connectivity index (χ2v) is 8.18. The molecule has 1 saturated heterocycles. The zero-order valence-electron chi connectivity index (χ0n) is 13.0. The Morgan fingerprint density at radius 2 is 1.86 bits per heavy atom. The van der Waals surface area contributed by atoms with Crippen LogP contribution in [0.15, 0.2) is 30.3 Å². The Labute approximate surface area is 128 Å². The largest absolute Gasteiger partial charge is 0.317 e. The standard InChI is InChI=1S/C16H26N2O2S/c1-14(16-6-4-3-5-7-16)13-21(19,20)18(2)12-15-8-10-17-11-9-15/h3-7,14-15,17H,8-13H2,1-2H3. The van der Waals surface area contributed by atoms with Crippen molar-refractivity contribution in [2.45, 2.75) is 25.7 Å². The lowest BCUT2D eigenvalue weighted by Gasteiger charge is -2.28. The Bertz CT molecular complexity index is 524. The highest BCUT2D eigenvalue weighted by Gasteiger charge is 2.25. The van der Waals surface area contributed by atoms with E-state index in [2.05, 4.69) is 5.32 Å². The van der Waals surface area contributed by atoms with Gasteiger partial charge in [0, 0.05) is 13.6 Å². The molecule has 1 aliphatic rings. The molecule has 4 nitrogen and oxygen atoms in total. The first-order valence-corrected chi connectivity index (χ1v) is 9.29. The molecule has 1 fully saturated rings. The number of hydrogen-bond acceptors (Lipinski definition) is 3. The third-order valence-corrected chi connectivity index (χ3v) is 6.30. The van der Waals surface area contributed by atoms with Crippen molar-refractivity contribution >= 4 is 10.0 Å². The zero-order valence-corrected chi connectivity index (χ0v) is 13.8. The van der Waals surface area contributed by atoms with Gasteiger partial charge in [-0.2, -0.15) is 0 Å². The summed E-state index contributed by atoms with van der Waals surface area (Å²) >= 11 is 0. The van der Waals surface area contributed by atoms with Crippen LogP contribution in [0.2, 0.25) is 0 Å². The second kappa shape index (κ2) is 7.38. The minimum atomic E-state index is -3.19. The van der Waals surface area contributed by atoms with E-state index in [9.17, 15) is 8.42 Å². The summed E-state index contributed by atoms with van der Waals surface area (Å²) in [5.74, 6) is 0.683. The van der Waals surface area contributed by atoms with E-state index in [0.717, 1.165) is 31.5 Å². The van der Waals surface area contributed by atoms with E-state index in [0.29, 0.717) is 12.5 Å². The fourth-order valence-electron chi connectivity index (χ4n) is 2.86. The molecule has 0 aliphatic carbocycles. The predicted molar refractivity (Wildman–Crippen MR) is 86.9 cm³/mol. The summed E-state index contributed by atoms with van der Waals surface area (Å²) in [5, 5.41) is 3.31. The van der Waals surface area contributed by atoms with Gasteiger partial charge >= 0.3 is 0 Å². The topological polar surface area (TPSA) is 49.4 Å². The summed E-state index contributed by atoms with van der Waals surface area (Å²) < 4.78 is 26.6. The molecule has 0 spiro atoms. The van der Waals surface area contributed by atoms with Crippen LogP contribution in [0.25, 0.3) is 0 Å². The van der Waals surface area contributed by atoms with E-state index in [1.165, 1.54) is 0 Å². The van der Waals surface area contributed by atoms with Gasteiger partial charge in [0.25, 0.3) is 0 Å². The molecule has 0 bridgehead atoms. The second-order valence-electron chi connectivity index (χ2n) is 6.06. The van der Waals surface area contributed by atoms with Gasteiger partial charge in [-0.1, -0.05) is 37.3 Å². The minimum absolute atomic E-state index is 0.0201. The average molecular weight is 310 g/mol. The molecule has 1 heterocycles. The van der Waals surface area contributed by atoms with Crippen molar-refractivity contribution in [3.8, 4) is 0 Å². The predicted octanol–water partition coefficient (Wildman–Crippen LogP) is 2.05. The molecule has 0 aromatic heterocycles. The number of rotatable bonds is 6. The van der Waals surface area contributed by atoms with Crippen LogP contribution in [-0.2, 0) is 10.0 Å². The lowest BCUT2D eigenvalue weighted by Crippen LogP contribution is -2.38. The molecule has 1 aromatic rings. The highest BCUT2D eigenvalue weighted by molar-refractivity contribution is 7.89. The van der Waals surface area contributed by atoms with Crippen LogP contribution >= 0.6 is 0 Å². The number of benzene rings is 1. The number of sulfonamides is 1. The van der Waals surface area contributed by atoms with Gasteiger partial charge in [-0.05, 0) is 43.3 Å². The van der Waals surface area contributed by atoms with E-state index >= 15 is 0 Å². The van der Waals surface area contributed by atoms with Crippen molar-refractivity contribution < 1.29 is 8.42 Å². The monoisotopic (exact) mass is 310 g/mol. The molecule has 2 rings (SSSR count). The van der Waals surface area contributed by atoms with Crippen LogP contribution in [0.1, 0.15) is 31.2 Å². The average Bonchev–Trinajstić information content (AvgIpc) is 2.48. The van der Waals surface area contributed by atoms with Crippen molar-refractivity contribution in [3.63, 3.8) is 0 Å². The van der Waals surface area contributed by atoms with Gasteiger partial charge in [0.2, 0.25) is 10.0 Å². The molecular weight excluding hydrogens is 284 g/mol. The first-order chi connectivity index (χ1) is 9.99. The van der Waals surface area contributed by atoms with Gasteiger partial charge in [0.1, 0.15) is 0 Å². The van der Waals surface area contributed by atoms with Gasteiger partial charge in [-0.15, -0.1) is 0 Å². The van der Waals surface area contributed by atoms with E-state index < -0.39 is 10.0 Å². The molecular formula is C16H26N2O2S. The highest BCUT2D eigenvalue weighted by Crippen LogP contribution is 2.20. The number of nitrogens with zero attached hydrogens (tertiary/aromatic N) is 1. The maximum absolute atomic E-state index is 12.5. The molecule has 0 saturated carbocycles. The van der Waals surface area contributed by atoms with E-state index in [-0.39, 0.29) is 11.7 Å². The molecule has 0 amide bonds. The van der Waals surface area contributed by atoms with Crippen LogP contribution < -0.4 is 5.32 Å². The summed E-state index contributed by atoms with van der Waals surface area (Å²) in [5.41, 5.74) is 1.08. The van der Waals surface area contributed by atoms with E-state index in [4.69, 9.17) is 0 Å². The molecule has 0 radical (unpaired) electrons. The third kappa shape index (κ3) is 4.80. The van der Waals surface area contributed by atoms with Crippen LogP contribution in [0.5, 0.6) is 0 Å². The van der Waals surface area contributed by atoms with E-state index in [1.54, 1.807) is 11.4 Å². The van der Waals surface area contributed by atoms with Gasteiger partial charge < -0.3 is 5.32 Å². The third-order valence-electron chi connectivity index (χ3n) is 4.28. The number of nitrogens with one attached hydrogen (secondary N) is 1. The SMILES string of the molecule is CC(CS(=O)(=O)N(C)CC1CCNCC1)c1ccccc1. The normalized spacial score (nSPS) is 18.8. The number of hydrogen-bond donors (Lipinski definition) is 1. The summed E-state index contributed by atoms with van der Waals surface area (Å²) in [6.07, 6.45) is 2.13. The quantitative estimate of drug-likeness (QED) is 0.875. The first kappa shape index (κ1) is 16.5. The summed E-state index contributed by atoms with van der Waals surface area (Å²) in [4.78, 5) is 0.